The number of nitrogens with one attached hydrogen (secondary N) is 1. The van der Waals surface area contributed by atoms with Crippen LogP contribution in [-0.4, -0.2) is 68.4 Å². The number of aromatic amines is 1. The summed E-state index contributed by atoms with van der Waals surface area (Å²) in [6.45, 7) is -0.166. The van der Waals surface area contributed by atoms with Gasteiger partial charge in [-0.05, 0) is 23.3 Å². The van der Waals surface area contributed by atoms with E-state index in [9.17, 15) is 18.8 Å². The fourth-order valence-corrected chi connectivity index (χ4v) is 4.77. The van der Waals surface area contributed by atoms with Crippen LogP contribution in [0.2, 0.25) is 0 Å². The number of ether oxygens (including phenoxy) is 2. The highest BCUT2D eigenvalue weighted by molar-refractivity contribution is 7.92. The number of rotatable bonds is 6. The Kier molecular flexibility index (Phi) is 6.52. The van der Waals surface area contributed by atoms with E-state index in [1.807, 2.05) is 36.4 Å². The van der Waals surface area contributed by atoms with Crippen molar-refractivity contribution in [2.24, 2.45) is 4.36 Å². The van der Waals surface area contributed by atoms with Crippen LogP contribution in [0.25, 0.3) is 33.4 Å². The maximum absolute atomic E-state index is 14.9. The number of pyridine rings is 1. The topological polar surface area (TPSA) is 117 Å². The largest absolute Gasteiger partial charge is 0.470 e. The fourth-order valence-electron chi connectivity index (χ4n) is 4.14. The average Bonchev–Trinajstić information content (AvgIpc) is 3.40. The zero-order valence-electron chi connectivity index (χ0n) is 19.7. The van der Waals surface area contributed by atoms with Crippen molar-refractivity contribution in [1.29, 1.82) is 0 Å². The molecule has 8 nitrogen and oxygen atoms in total. The van der Waals surface area contributed by atoms with Crippen LogP contribution < -0.4 is 4.74 Å². The molecule has 5 rings (SSSR count). The molecule has 3 N–H and O–H groups in total. The molecule has 3 heterocycles. The molecule has 0 unspecified atom stereocenters. The molecule has 1 saturated heterocycles. The molecular weight excluding hydrogens is 485 g/mol. The van der Waals surface area contributed by atoms with Crippen molar-refractivity contribution in [3.63, 3.8) is 0 Å². The van der Waals surface area contributed by atoms with E-state index in [1.54, 1.807) is 30.7 Å². The van der Waals surface area contributed by atoms with Gasteiger partial charge in [-0.3, -0.25) is 0 Å². The second-order valence-electron chi connectivity index (χ2n) is 8.98. The van der Waals surface area contributed by atoms with Crippen molar-refractivity contribution < 1.29 is 28.3 Å². The van der Waals surface area contributed by atoms with Crippen LogP contribution in [0.3, 0.4) is 0 Å². The third-order valence-corrected chi connectivity index (χ3v) is 6.56. The molecule has 1 aliphatic rings. The van der Waals surface area contributed by atoms with Gasteiger partial charge in [0.2, 0.25) is 0 Å². The smallest absolute Gasteiger partial charge is 0.193 e. The van der Waals surface area contributed by atoms with Crippen molar-refractivity contribution in [1.82, 2.24) is 9.97 Å². The fraction of sp³-hybridized carbons (Fsp3) is 0.269. The van der Waals surface area contributed by atoms with Gasteiger partial charge >= 0.3 is 0 Å². The van der Waals surface area contributed by atoms with Gasteiger partial charge in [-0.2, -0.15) is 4.36 Å². The molecule has 3 atom stereocenters. The first-order valence-corrected chi connectivity index (χ1v) is 13.7. The molecule has 4 aromatic rings. The molecule has 1 aliphatic heterocycles. The quantitative estimate of drug-likeness (QED) is 0.362. The zero-order chi connectivity index (χ0) is 25.4. The van der Waals surface area contributed by atoms with Gasteiger partial charge in [0.25, 0.3) is 0 Å². The molecular formula is C26H26FN3O5S. The van der Waals surface area contributed by atoms with E-state index in [2.05, 4.69) is 14.3 Å². The second kappa shape index (κ2) is 9.62. The highest BCUT2D eigenvalue weighted by Crippen LogP contribution is 2.30. The van der Waals surface area contributed by atoms with Gasteiger partial charge in [0.15, 0.2) is 17.8 Å². The van der Waals surface area contributed by atoms with Crippen LogP contribution in [0.15, 0.2) is 65.0 Å². The number of fused-ring (bicyclic) bond motifs is 1. The SMILES string of the molecule is CS(C)(=O)=Nc1ccc(-c2ccc(-c3nc4cc(O[C@@H]5CO[C@H](CO)[C@@H]5O)[nH]c4cc3F)cc2)cc1. The summed E-state index contributed by atoms with van der Waals surface area (Å²) in [4.78, 5) is 7.44. The summed E-state index contributed by atoms with van der Waals surface area (Å²) in [6, 6.07) is 17.8. The van der Waals surface area contributed by atoms with Gasteiger partial charge in [-0.25, -0.2) is 13.6 Å². The standard InChI is InChI=1S/C26H26FN3O5S/c1-36(2,33)30-18-9-7-16(8-10-18)15-3-5-17(6-4-15)25-19(27)11-20-21(29-25)12-24(28-20)35-23-14-34-22(13-31)26(23)32/h3-12,22-23,26,28,31-32H,13-14H2,1-2H3/t22-,23-,26+/m1/s1. The molecule has 0 radical (unpaired) electrons. The van der Waals surface area contributed by atoms with Gasteiger partial charge in [-0.1, -0.05) is 36.4 Å². The number of halogens is 1. The second-order valence-corrected chi connectivity index (χ2v) is 11.5. The predicted octanol–water partition coefficient (Wildman–Crippen LogP) is 3.89. The summed E-state index contributed by atoms with van der Waals surface area (Å²) in [5.74, 6) is -0.158. The number of aliphatic hydroxyl groups excluding tert-OH is 2. The molecule has 0 spiro atoms. The lowest BCUT2D eigenvalue weighted by molar-refractivity contribution is -0.00355. The Morgan fingerprint density at radius 2 is 1.75 bits per heavy atom. The molecule has 36 heavy (non-hydrogen) atoms. The van der Waals surface area contributed by atoms with Crippen LogP contribution in [0.1, 0.15) is 0 Å². The summed E-state index contributed by atoms with van der Waals surface area (Å²) in [5.41, 5.74) is 4.36. The summed E-state index contributed by atoms with van der Waals surface area (Å²) in [7, 11) is -2.22. The Labute approximate surface area is 207 Å². The Balaban J connectivity index is 1.36. The van der Waals surface area contributed by atoms with Crippen LogP contribution in [0.4, 0.5) is 10.1 Å². The molecule has 0 bridgehead atoms. The average molecular weight is 512 g/mol. The highest BCUT2D eigenvalue weighted by Gasteiger charge is 2.37. The number of H-pyrrole nitrogens is 1. The van der Waals surface area contributed by atoms with E-state index >= 15 is 0 Å². The Morgan fingerprint density at radius 1 is 1.11 bits per heavy atom. The van der Waals surface area contributed by atoms with E-state index in [0.29, 0.717) is 28.2 Å². The van der Waals surface area contributed by atoms with Crippen LogP contribution in [0.5, 0.6) is 5.88 Å². The number of benzene rings is 2. The number of aliphatic hydroxyl groups is 2. The Hall–Kier alpha value is -3.31. The van der Waals surface area contributed by atoms with Gasteiger partial charge in [0, 0.05) is 39.9 Å². The maximum Gasteiger partial charge on any atom is 0.193 e. The number of hydrogen-bond acceptors (Lipinski definition) is 7. The van der Waals surface area contributed by atoms with Crippen molar-refractivity contribution >= 4 is 26.4 Å². The van der Waals surface area contributed by atoms with Gasteiger partial charge in [0.1, 0.15) is 17.9 Å². The van der Waals surface area contributed by atoms with E-state index in [1.165, 1.54) is 6.07 Å². The van der Waals surface area contributed by atoms with Crippen LogP contribution in [-0.2, 0) is 14.5 Å². The van der Waals surface area contributed by atoms with Crippen molar-refractivity contribution in [2.45, 2.75) is 18.3 Å². The van der Waals surface area contributed by atoms with Crippen molar-refractivity contribution in [3.05, 3.63) is 66.5 Å². The van der Waals surface area contributed by atoms with E-state index in [-0.39, 0.29) is 18.9 Å². The molecule has 0 saturated carbocycles. The maximum atomic E-state index is 14.9. The van der Waals surface area contributed by atoms with E-state index in [0.717, 1.165) is 11.1 Å². The molecule has 1 fully saturated rings. The number of nitrogens with zero attached hydrogens (tertiary/aromatic N) is 2. The molecule has 0 aliphatic carbocycles. The lowest BCUT2D eigenvalue weighted by Gasteiger charge is -2.16. The minimum Gasteiger partial charge on any atom is -0.470 e. The Morgan fingerprint density at radius 3 is 2.36 bits per heavy atom. The van der Waals surface area contributed by atoms with Crippen LogP contribution >= 0.6 is 0 Å². The van der Waals surface area contributed by atoms with Gasteiger partial charge in [-0.15, -0.1) is 0 Å². The third-order valence-electron chi connectivity index (χ3n) is 5.91. The summed E-state index contributed by atoms with van der Waals surface area (Å²) < 4.78 is 42.1. The molecule has 2 aromatic heterocycles. The van der Waals surface area contributed by atoms with Crippen molar-refractivity contribution in [2.75, 3.05) is 25.7 Å². The monoisotopic (exact) mass is 511 g/mol. The summed E-state index contributed by atoms with van der Waals surface area (Å²) >= 11 is 0. The highest BCUT2D eigenvalue weighted by atomic mass is 32.2. The Bertz CT molecular complexity index is 1500. The molecule has 10 heteroatoms. The van der Waals surface area contributed by atoms with E-state index in [4.69, 9.17) is 9.47 Å². The zero-order valence-corrected chi connectivity index (χ0v) is 20.5. The van der Waals surface area contributed by atoms with Crippen molar-refractivity contribution in [3.8, 4) is 28.3 Å². The molecule has 0 amide bonds. The number of aromatic nitrogens is 2. The van der Waals surface area contributed by atoms with Gasteiger partial charge < -0.3 is 24.7 Å². The summed E-state index contributed by atoms with van der Waals surface area (Å²) in [5, 5.41) is 19.4. The van der Waals surface area contributed by atoms with Gasteiger partial charge in [0.05, 0.1) is 29.9 Å². The predicted molar refractivity (Wildman–Crippen MR) is 136 cm³/mol. The first-order valence-electron chi connectivity index (χ1n) is 11.3. The first kappa shape index (κ1) is 24.4. The van der Waals surface area contributed by atoms with Crippen LogP contribution in [0, 0.1) is 5.82 Å². The lowest BCUT2D eigenvalue weighted by atomic mass is 10.0. The number of hydrogen-bond donors (Lipinski definition) is 3. The minimum absolute atomic E-state index is 0.135. The third kappa shape index (κ3) is 5.12. The normalized spacial score (nSPS) is 20.1. The molecule has 2 aromatic carbocycles. The minimum atomic E-state index is -2.22. The lowest BCUT2D eigenvalue weighted by Crippen LogP contribution is -2.35. The summed E-state index contributed by atoms with van der Waals surface area (Å²) in [6.07, 6.45) is 0.873. The molecule has 188 valence electrons. The van der Waals surface area contributed by atoms with E-state index < -0.39 is 33.9 Å². The first-order chi connectivity index (χ1) is 17.2.